The summed E-state index contributed by atoms with van der Waals surface area (Å²) in [5.41, 5.74) is 4.23. The van der Waals surface area contributed by atoms with E-state index >= 15 is 0 Å². The van der Waals surface area contributed by atoms with Crippen LogP contribution in [0, 0.1) is 0 Å². The molecule has 1 heterocycles. The van der Waals surface area contributed by atoms with Gasteiger partial charge in [-0.2, -0.15) is 9.97 Å². The molecule has 33 heavy (non-hydrogen) atoms. The van der Waals surface area contributed by atoms with Crippen molar-refractivity contribution in [2.45, 2.75) is 0 Å². The maximum Gasteiger partial charge on any atom is 0.226 e. The second kappa shape index (κ2) is 8.12. The van der Waals surface area contributed by atoms with Gasteiger partial charge in [-0.15, -0.1) is 0 Å². The van der Waals surface area contributed by atoms with Gasteiger partial charge in [0.05, 0.1) is 0 Å². The Labute approximate surface area is 196 Å². The van der Waals surface area contributed by atoms with Crippen LogP contribution in [0.3, 0.4) is 0 Å². The summed E-state index contributed by atoms with van der Waals surface area (Å²) in [5.74, 6) is 1.13. The van der Waals surface area contributed by atoms with Gasteiger partial charge in [0.1, 0.15) is 0 Å². The summed E-state index contributed by atoms with van der Waals surface area (Å²) in [6, 6.07) is 37.4. The summed E-state index contributed by atoms with van der Waals surface area (Å²) in [6.07, 6.45) is 0. The largest absolute Gasteiger partial charge is 0.226 e. The van der Waals surface area contributed by atoms with E-state index in [1.165, 1.54) is 21.9 Å². The van der Waals surface area contributed by atoms with Crippen molar-refractivity contribution in [1.29, 1.82) is 0 Å². The molecule has 0 radical (unpaired) electrons. The lowest BCUT2D eigenvalue weighted by atomic mass is 9.95. The van der Waals surface area contributed by atoms with Gasteiger partial charge < -0.3 is 0 Å². The smallest absolute Gasteiger partial charge is 0.208 e. The zero-order valence-electron chi connectivity index (χ0n) is 17.6. The Kier molecular flexibility index (Phi) is 4.82. The lowest BCUT2D eigenvalue weighted by Crippen LogP contribution is -1.97. The molecule has 0 aliphatic carbocycles. The van der Waals surface area contributed by atoms with Crippen molar-refractivity contribution < 1.29 is 0 Å². The number of aromatic nitrogens is 3. The zero-order valence-corrected chi connectivity index (χ0v) is 18.4. The van der Waals surface area contributed by atoms with E-state index in [-0.39, 0.29) is 5.28 Å². The lowest BCUT2D eigenvalue weighted by molar-refractivity contribution is 1.07. The number of hydrogen-bond donors (Lipinski definition) is 0. The Morgan fingerprint density at radius 2 is 1.12 bits per heavy atom. The molecule has 0 N–H and O–H groups in total. The van der Waals surface area contributed by atoms with E-state index in [0.717, 1.165) is 21.9 Å². The molecule has 0 atom stereocenters. The Morgan fingerprint density at radius 1 is 0.455 bits per heavy atom. The van der Waals surface area contributed by atoms with Crippen LogP contribution in [0.4, 0.5) is 0 Å². The third-order valence-corrected chi connectivity index (χ3v) is 6.03. The molecule has 1 aromatic heterocycles. The predicted molar refractivity (Wildman–Crippen MR) is 136 cm³/mol. The molecule has 0 fully saturated rings. The van der Waals surface area contributed by atoms with Gasteiger partial charge in [0, 0.05) is 11.1 Å². The first kappa shape index (κ1) is 19.6. The molecule has 3 nitrogen and oxygen atoms in total. The molecule has 0 bridgehead atoms. The summed E-state index contributed by atoms with van der Waals surface area (Å²) in [4.78, 5) is 13.5. The first-order chi connectivity index (χ1) is 16.3. The topological polar surface area (TPSA) is 38.7 Å². The standard InChI is InChI=1S/C29H18ClN3/c30-29-32-27(20-9-2-1-3-10-20)31-28(33-29)26-15-7-12-21-18-22(16-17-25(21)26)24-14-6-11-19-8-4-5-13-23(19)24/h1-18H. The van der Waals surface area contributed by atoms with Gasteiger partial charge in [-0.1, -0.05) is 103 Å². The third kappa shape index (κ3) is 3.63. The molecule has 0 aliphatic rings. The summed E-state index contributed by atoms with van der Waals surface area (Å²) in [6.45, 7) is 0. The first-order valence-electron chi connectivity index (χ1n) is 10.7. The van der Waals surface area contributed by atoms with Crippen LogP contribution in [0.25, 0.3) is 55.4 Å². The Balaban J connectivity index is 1.50. The van der Waals surface area contributed by atoms with Gasteiger partial charge in [0.2, 0.25) is 5.28 Å². The van der Waals surface area contributed by atoms with Gasteiger partial charge in [-0.3, -0.25) is 0 Å². The minimum Gasteiger partial charge on any atom is -0.208 e. The molecule has 5 aromatic carbocycles. The molecular weight excluding hydrogens is 426 g/mol. The van der Waals surface area contributed by atoms with Gasteiger partial charge in [-0.25, -0.2) is 4.98 Å². The molecule has 4 heteroatoms. The number of benzene rings is 5. The van der Waals surface area contributed by atoms with E-state index in [4.69, 9.17) is 16.6 Å². The average molecular weight is 444 g/mol. The second-order valence-electron chi connectivity index (χ2n) is 7.89. The SMILES string of the molecule is Clc1nc(-c2ccccc2)nc(-c2cccc3cc(-c4cccc5ccccc45)ccc23)n1. The van der Waals surface area contributed by atoms with Crippen molar-refractivity contribution in [3.05, 3.63) is 114 Å². The number of hydrogen-bond acceptors (Lipinski definition) is 3. The molecule has 0 unspecified atom stereocenters. The fourth-order valence-corrected chi connectivity index (χ4v) is 4.47. The van der Waals surface area contributed by atoms with Crippen molar-refractivity contribution in [3.8, 4) is 33.9 Å². The zero-order chi connectivity index (χ0) is 22.2. The van der Waals surface area contributed by atoms with Crippen LogP contribution in [0.15, 0.2) is 109 Å². The van der Waals surface area contributed by atoms with Crippen molar-refractivity contribution in [1.82, 2.24) is 15.0 Å². The highest BCUT2D eigenvalue weighted by Gasteiger charge is 2.13. The van der Waals surface area contributed by atoms with Crippen molar-refractivity contribution in [2.24, 2.45) is 0 Å². The molecule has 0 saturated carbocycles. The summed E-state index contributed by atoms with van der Waals surface area (Å²) in [5, 5.41) is 4.85. The number of rotatable bonds is 3. The molecule has 6 aromatic rings. The third-order valence-electron chi connectivity index (χ3n) is 5.86. The summed E-state index contributed by atoms with van der Waals surface area (Å²) >= 11 is 6.30. The minimum absolute atomic E-state index is 0.184. The van der Waals surface area contributed by atoms with Gasteiger partial charge in [0.15, 0.2) is 11.6 Å². The summed E-state index contributed by atoms with van der Waals surface area (Å²) in [7, 11) is 0. The lowest BCUT2D eigenvalue weighted by Gasteiger charge is -2.11. The van der Waals surface area contributed by atoms with E-state index in [2.05, 4.69) is 76.7 Å². The highest BCUT2D eigenvalue weighted by atomic mass is 35.5. The Hall–Kier alpha value is -4.08. The molecule has 0 aliphatic heterocycles. The maximum atomic E-state index is 6.30. The van der Waals surface area contributed by atoms with E-state index in [1.54, 1.807) is 0 Å². The van der Waals surface area contributed by atoms with E-state index in [1.807, 2.05) is 42.5 Å². The Morgan fingerprint density at radius 3 is 2.00 bits per heavy atom. The van der Waals surface area contributed by atoms with Crippen LogP contribution in [0.2, 0.25) is 5.28 Å². The second-order valence-corrected chi connectivity index (χ2v) is 8.22. The van der Waals surface area contributed by atoms with Crippen LogP contribution >= 0.6 is 11.6 Å². The number of fused-ring (bicyclic) bond motifs is 2. The number of nitrogens with zero attached hydrogens (tertiary/aromatic N) is 3. The van der Waals surface area contributed by atoms with Crippen LogP contribution in [0.1, 0.15) is 0 Å². The monoisotopic (exact) mass is 443 g/mol. The molecule has 0 amide bonds. The van der Waals surface area contributed by atoms with E-state index in [0.29, 0.717) is 11.6 Å². The van der Waals surface area contributed by atoms with Crippen LogP contribution in [0.5, 0.6) is 0 Å². The molecule has 0 saturated heterocycles. The summed E-state index contributed by atoms with van der Waals surface area (Å²) < 4.78 is 0. The maximum absolute atomic E-state index is 6.30. The molecular formula is C29H18ClN3. The van der Waals surface area contributed by atoms with Crippen LogP contribution in [-0.4, -0.2) is 15.0 Å². The quantitative estimate of drug-likeness (QED) is 0.279. The van der Waals surface area contributed by atoms with Crippen molar-refractivity contribution >= 4 is 33.1 Å². The van der Waals surface area contributed by atoms with Gasteiger partial charge in [-0.05, 0) is 50.3 Å². The predicted octanol–water partition coefficient (Wildman–Crippen LogP) is 7.83. The van der Waals surface area contributed by atoms with E-state index in [9.17, 15) is 0 Å². The Bertz CT molecular complexity index is 1620. The fourth-order valence-electron chi connectivity index (χ4n) is 4.31. The normalized spacial score (nSPS) is 11.2. The number of halogens is 1. The van der Waals surface area contributed by atoms with Crippen molar-refractivity contribution in [3.63, 3.8) is 0 Å². The van der Waals surface area contributed by atoms with Crippen LogP contribution in [-0.2, 0) is 0 Å². The fraction of sp³-hybridized carbons (Fsp3) is 0. The first-order valence-corrected chi connectivity index (χ1v) is 11.1. The van der Waals surface area contributed by atoms with Crippen molar-refractivity contribution in [2.75, 3.05) is 0 Å². The molecule has 0 spiro atoms. The van der Waals surface area contributed by atoms with E-state index < -0.39 is 0 Å². The highest BCUT2D eigenvalue weighted by molar-refractivity contribution is 6.28. The average Bonchev–Trinajstić information content (AvgIpc) is 2.88. The molecule has 6 rings (SSSR count). The highest BCUT2D eigenvalue weighted by Crippen LogP contribution is 2.34. The van der Waals surface area contributed by atoms with Crippen LogP contribution < -0.4 is 0 Å². The molecule has 156 valence electrons. The van der Waals surface area contributed by atoms with Gasteiger partial charge in [0.25, 0.3) is 0 Å². The van der Waals surface area contributed by atoms with Gasteiger partial charge >= 0.3 is 0 Å². The minimum atomic E-state index is 0.184.